The van der Waals surface area contributed by atoms with Gasteiger partial charge in [0.05, 0.1) is 0 Å². The second-order valence-electron chi connectivity index (χ2n) is 8.35. The van der Waals surface area contributed by atoms with Gasteiger partial charge < -0.3 is 24.8 Å². The van der Waals surface area contributed by atoms with Crippen LogP contribution in [0.1, 0.15) is 33.4 Å². The summed E-state index contributed by atoms with van der Waals surface area (Å²) in [6.45, 7) is 4.24. The Balaban J connectivity index is 0.000000194. The van der Waals surface area contributed by atoms with E-state index in [4.69, 9.17) is 0 Å². The summed E-state index contributed by atoms with van der Waals surface area (Å²) in [7, 11) is 0. The minimum atomic E-state index is 0. The van der Waals surface area contributed by atoms with Crippen molar-refractivity contribution in [3.63, 3.8) is 0 Å². The minimum absolute atomic E-state index is 0. The van der Waals surface area contributed by atoms with Gasteiger partial charge in [0.25, 0.3) is 0 Å². The van der Waals surface area contributed by atoms with Gasteiger partial charge in [-0.15, -0.1) is 5.56 Å². The normalized spacial score (nSPS) is 10.1. The van der Waals surface area contributed by atoms with Crippen LogP contribution in [0.3, 0.4) is 0 Å². The van der Waals surface area contributed by atoms with E-state index < -0.39 is 0 Å². The summed E-state index contributed by atoms with van der Waals surface area (Å²) >= 11 is 3.13. The van der Waals surface area contributed by atoms with Crippen molar-refractivity contribution in [2.75, 3.05) is 0 Å². The van der Waals surface area contributed by atoms with Crippen molar-refractivity contribution in [1.29, 1.82) is 0 Å². The molecule has 36 heavy (non-hydrogen) atoms. The third kappa shape index (κ3) is 7.60. The van der Waals surface area contributed by atoms with E-state index in [1.807, 2.05) is 18.2 Å². The average molecular weight is 547 g/mol. The quantitative estimate of drug-likeness (QED) is 0.291. The summed E-state index contributed by atoms with van der Waals surface area (Å²) in [5, 5.41) is 0. The molecule has 0 nitrogen and oxygen atoms in total. The summed E-state index contributed by atoms with van der Waals surface area (Å²) < 4.78 is 1.20. The van der Waals surface area contributed by atoms with E-state index in [1.165, 1.54) is 48.9 Å². The summed E-state index contributed by atoms with van der Waals surface area (Å²) in [4.78, 5) is 0. The number of benzene rings is 4. The molecule has 0 aromatic heterocycles. The van der Waals surface area contributed by atoms with Gasteiger partial charge in [0.15, 0.2) is 0 Å². The Labute approximate surface area is 236 Å². The van der Waals surface area contributed by atoms with E-state index in [9.17, 15) is 0 Å². The van der Waals surface area contributed by atoms with Crippen molar-refractivity contribution in [3.8, 4) is 11.1 Å². The Hall–Kier alpha value is -2.79. The summed E-state index contributed by atoms with van der Waals surface area (Å²) in [5.41, 5.74) is 10.8. The van der Waals surface area contributed by atoms with E-state index in [0.717, 1.165) is 6.42 Å². The van der Waals surface area contributed by atoms with Crippen molar-refractivity contribution >= 4 is 4.38 Å². The standard InChI is InChI=1S/C13H9.C13H10.C7H9.2ClH.Cr/c1-3-7-12-10(5-1)9-11-6-2-4-8-13(11)12;1-3-7-12(8-4-1)11-13-9-5-2-6-10-13;1-6-4-3-5-7(6)2;;;/h1-5,7-8H,9H2;1-10H;3-5H,1-2H3;2*1H;/q-1;;-1;;;/p-2. The number of aryl methyl sites for hydroxylation is 2. The second kappa shape index (κ2) is 14.7. The Morgan fingerprint density at radius 2 is 1.17 bits per heavy atom. The van der Waals surface area contributed by atoms with Gasteiger partial charge in [-0.1, -0.05) is 49.2 Å². The molecule has 0 atom stereocenters. The van der Waals surface area contributed by atoms with Gasteiger partial charge in [0.1, 0.15) is 0 Å². The van der Waals surface area contributed by atoms with E-state index in [-0.39, 0.29) is 24.8 Å². The maximum absolute atomic E-state index is 3.30. The number of halogens is 2. The van der Waals surface area contributed by atoms with Crippen LogP contribution in [0.4, 0.5) is 0 Å². The predicted octanol–water partition coefficient (Wildman–Crippen LogP) is 1.89. The van der Waals surface area contributed by atoms with Gasteiger partial charge in [-0.3, -0.25) is 0 Å². The van der Waals surface area contributed by atoms with Gasteiger partial charge in [-0.2, -0.15) is 59.2 Å². The van der Waals surface area contributed by atoms with Crippen LogP contribution in [-0.4, -0.2) is 4.38 Å². The van der Waals surface area contributed by atoms with E-state index in [0.29, 0.717) is 0 Å². The van der Waals surface area contributed by atoms with Crippen molar-refractivity contribution < 1.29 is 40.7 Å². The van der Waals surface area contributed by atoms with Crippen molar-refractivity contribution in [2.24, 2.45) is 0 Å². The topological polar surface area (TPSA) is 0 Å². The smallest absolute Gasteiger partial charge is 0.0253 e. The molecule has 0 N–H and O–H groups in total. The summed E-state index contributed by atoms with van der Waals surface area (Å²) in [5.74, 6) is 0. The van der Waals surface area contributed by atoms with Crippen LogP contribution in [0.25, 0.3) is 11.1 Å². The van der Waals surface area contributed by atoms with Gasteiger partial charge in [-0.05, 0) is 6.42 Å². The fraction of sp³-hybridized carbons (Fsp3) is 0.0909. The molecule has 5 aromatic carbocycles. The first-order valence-corrected chi connectivity index (χ1v) is 12.2. The molecule has 0 bridgehead atoms. The zero-order chi connectivity index (χ0) is 23.8. The maximum atomic E-state index is 3.30. The molecule has 0 fully saturated rings. The Morgan fingerprint density at radius 3 is 1.69 bits per heavy atom. The van der Waals surface area contributed by atoms with Crippen molar-refractivity contribution in [3.05, 3.63) is 161 Å². The van der Waals surface area contributed by atoms with Crippen LogP contribution in [0.2, 0.25) is 0 Å². The predicted molar refractivity (Wildman–Crippen MR) is 141 cm³/mol. The van der Waals surface area contributed by atoms with Gasteiger partial charge in [-0.25, -0.2) is 0 Å². The zero-order valence-corrected chi connectivity index (χ0v) is 23.2. The van der Waals surface area contributed by atoms with Crippen molar-refractivity contribution in [1.82, 2.24) is 0 Å². The number of hydrogen-bond acceptors (Lipinski definition) is 0. The largest absolute Gasteiger partial charge is 0.179 e. The first kappa shape index (κ1) is 29.4. The van der Waals surface area contributed by atoms with Gasteiger partial charge >= 0.3 is 92.0 Å². The van der Waals surface area contributed by atoms with Crippen LogP contribution < -0.4 is 24.8 Å². The molecular formula is C33H28Cl2Cr-4. The van der Waals surface area contributed by atoms with Crippen LogP contribution in [-0.2, 0) is 22.3 Å². The molecule has 3 heteroatoms. The molecule has 1 aliphatic rings. The van der Waals surface area contributed by atoms with Gasteiger partial charge in [0.2, 0.25) is 0 Å². The summed E-state index contributed by atoms with van der Waals surface area (Å²) in [6.07, 6.45) is 1.05. The van der Waals surface area contributed by atoms with Crippen LogP contribution in [0.15, 0.2) is 121 Å². The molecule has 0 saturated carbocycles. The molecule has 0 spiro atoms. The number of hydrogen-bond donors (Lipinski definition) is 0. The van der Waals surface area contributed by atoms with Crippen LogP contribution in [0, 0.1) is 19.9 Å². The molecule has 0 unspecified atom stereocenters. The first-order chi connectivity index (χ1) is 16.6. The Kier molecular flexibility index (Phi) is 12.0. The average Bonchev–Trinajstić information content (AvgIpc) is 3.47. The third-order valence-electron chi connectivity index (χ3n) is 6.00. The molecule has 1 aliphatic carbocycles. The fourth-order valence-corrected chi connectivity index (χ4v) is 4.37. The molecule has 0 heterocycles. The van der Waals surface area contributed by atoms with E-state index in [1.54, 1.807) is 0 Å². The minimum Gasteiger partial charge on any atom is -0.179 e. The van der Waals surface area contributed by atoms with E-state index >= 15 is 0 Å². The number of fused-ring (bicyclic) bond motifs is 3. The van der Waals surface area contributed by atoms with Crippen molar-refractivity contribution in [2.45, 2.75) is 20.3 Å². The molecule has 0 amide bonds. The molecule has 184 valence electrons. The molecule has 0 saturated heterocycles. The molecule has 0 radical (unpaired) electrons. The van der Waals surface area contributed by atoms with E-state index in [2.05, 4.69) is 139 Å². The van der Waals surface area contributed by atoms with Crippen LogP contribution >= 0.6 is 0 Å². The molecule has 6 rings (SSSR count). The maximum Gasteiger partial charge on any atom is -0.0253 e. The Bertz CT molecular complexity index is 1250. The second-order valence-corrected chi connectivity index (χ2v) is 8.99. The SMILES string of the molecule is Cc1c[cH-]cc1C.[Cl-].[Cl-].[Cr]=[C](c1ccccc1)c1ccccc1.[c-]1cccc2c1Cc1ccccc1-2. The number of rotatable bonds is 2. The molecule has 0 aliphatic heterocycles. The summed E-state index contributed by atoms with van der Waals surface area (Å²) in [6, 6.07) is 45.1. The van der Waals surface area contributed by atoms with Gasteiger partial charge in [0, 0.05) is 0 Å². The third-order valence-corrected chi connectivity index (χ3v) is 6.74. The molecule has 5 aromatic rings. The first-order valence-electron chi connectivity index (χ1n) is 11.5. The fourth-order valence-electron chi connectivity index (χ4n) is 3.94. The monoisotopic (exact) mass is 546 g/mol. The Morgan fingerprint density at radius 1 is 0.667 bits per heavy atom. The van der Waals surface area contributed by atoms with Crippen LogP contribution in [0.5, 0.6) is 0 Å². The molecular weight excluding hydrogens is 519 g/mol. The zero-order valence-electron chi connectivity index (χ0n) is 20.4.